The van der Waals surface area contributed by atoms with Gasteiger partial charge in [-0.25, -0.2) is 0 Å². The molecule has 0 aromatic heterocycles. The second-order valence-corrected chi connectivity index (χ2v) is 7.87. The van der Waals surface area contributed by atoms with Crippen molar-refractivity contribution in [3.63, 3.8) is 0 Å². The van der Waals surface area contributed by atoms with Crippen LogP contribution < -0.4 is 5.32 Å². The van der Waals surface area contributed by atoms with Crippen LogP contribution in [0.2, 0.25) is 0 Å². The van der Waals surface area contributed by atoms with Crippen molar-refractivity contribution in [2.75, 3.05) is 41.0 Å². The lowest BCUT2D eigenvalue weighted by molar-refractivity contribution is -0.176. The van der Waals surface area contributed by atoms with E-state index >= 15 is 0 Å². The monoisotopic (exact) mass is 453 g/mol. The Bertz CT molecular complexity index is 424. The lowest BCUT2D eigenvalue weighted by Gasteiger charge is -2.59. The van der Waals surface area contributed by atoms with Gasteiger partial charge in [0.2, 0.25) is 0 Å². The summed E-state index contributed by atoms with van der Waals surface area (Å²) in [6, 6.07) is 0.400. The second-order valence-electron chi connectivity index (χ2n) is 7.87. The summed E-state index contributed by atoms with van der Waals surface area (Å²) in [5.74, 6) is 1.79. The van der Waals surface area contributed by atoms with Gasteiger partial charge in [-0.15, -0.1) is 24.0 Å². The minimum Gasteiger partial charge on any atom is -0.381 e. The molecule has 0 bridgehead atoms. The second kappa shape index (κ2) is 9.03. The van der Waals surface area contributed by atoms with Crippen LogP contribution in [0.4, 0.5) is 0 Å². The summed E-state index contributed by atoms with van der Waals surface area (Å²) in [6.07, 6.45) is 4.62. The molecule has 2 atom stereocenters. The number of hydrogen-bond acceptors (Lipinski definition) is 3. The lowest BCUT2D eigenvalue weighted by Crippen LogP contribution is -2.69. The maximum atomic E-state index is 5.72. The molecule has 1 saturated heterocycles. The Morgan fingerprint density at radius 1 is 1.29 bits per heavy atom. The van der Waals surface area contributed by atoms with E-state index in [2.05, 4.69) is 43.0 Å². The van der Waals surface area contributed by atoms with Crippen molar-refractivity contribution in [3.8, 4) is 0 Å². The van der Waals surface area contributed by atoms with Crippen molar-refractivity contribution in [1.29, 1.82) is 0 Å². The van der Waals surface area contributed by atoms with Gasteiger partial charge < -0.3 is 19.7 Å². The van der Waals surface area contributed by atoms with Gasteiger partial charge in [-0.1, -0.05) is 13.8 Å². The predicted octanol–water partition coefficient (Wildman–Crippen LogP) is 3.13. The molecular weight excluding hydrogens is 417 g/mol. The van der Waals surface area contributed by atoms with E-state index in [0.717, 1.165) is 38.1 Å². The highest BCUT2D eigenvalue weighted by molar-refractivity contribution is 14.0. The van der Waals surface area contributed by atoms with Crippen LogP contribution in [-0.4, -0.2) is 63.5 Å². The van der Waals surface area contributed by atoms with E-state index in [1.807, 2.05) is 14.2 Å². The van der Waals surface area contributed by atoms with Gasteiger partial charge in [0, 0.05) is 52.4 Å². The fourth-order valence-electron chi connectivity index (χ4n) is 3.74. The average molecular weight is 453 g/mol. The molecule has 142 valence electrons. The number of halogens is 1. The van der Waals surface area contributed by atoms with E-state index in [1.165, 1.54) is 19.3 Å². The van der Waals surface area contributed by atoms with Crippen LogP contribution in [0, 0.1) is 11.3 Å². The molecule has 6 heteroatoms. The van der Waals surface area contributed by atoms with Crippen LogP contribution >= 0.6 is 24.0 Å². The van der Waals surface area contributed by atoms with Crippen molar-refractivity contribution in [2.24, 2.45) is 16.3 Å². The molecule has 2 aliphatic rings. The van der Waals surface area contributed by atoms with E-state index in [0.29, 0.717) is 6.04 Å². The van der Waals surface area contributed by atoms with Crippen molar-refractivity contribution in [3.05, 3.63) is 0 Å². The van der Waals surface area contributed by atoms with Crippen LogP contribution in [0.1, 0.15) is 46.5 Å². The number of nitrogens with one attached hydrogen (secondary N) is 1. The van der Waals surface area contributed by atoms with Crippen LogP contribution in [0.15, 0.2) is 4.99 Å². The Morgan fingerprint density at radius 2 is 1.92 bits per heavy atom. The molecule has 24 heavy (non-hydrogen) atoms. The third-order valence-electron chi connectivity index (χ3n) is 6.37. The first-order chi connectivity index (χ1) is 10.8. The molecule has 0 spiro atoms. The topological polar surface area (TPSA) is 46.1 Å². The average Bonchev–Trinajstić information content (AvgIpc) is 2.56. The summed E-state index contributed by atoms with van der Waals surface area (Å²) in [4.78, 5) is 6.74. The molecule has 1 aliphatic heterocycles. The molecule has 1 aliphatic carbocycles. The highest BCUT2D eigenvalue weighted by atomic mass is 127. The Hall–Kier alpha value is -0.0800. The van der Waals surface area contributed by atoms with Crippen molar-refractivity contribution >= 4 is 29.9 Å². The minimum atomic E-state index is -0.0514. The van der Waals surface area contributed by atoms with E-state index < -0.39 is 0 Å². The predicted molar refractivity (Wildman–Crippen MR) is 110 cm³/mol. The van der Waals surface area contributed by atoms with Gasteiger partial charge in [0.05, 0.1) is 5.60 Å². The number of methoxy groups -OCH3 is 1. The number of aliphatic imine (C=N–C) groups is 1. The quantitative estimate of drug-likeness (QED) is 0.395. The molecule has 1 N–H and O–H groups in total. The van der Waals surface area contributed by atoms with E-state index in [1.54, 1.807) is 0 Å². The number of hydrogen-bond donors (Lipinski definition) is 1. The summed E-state index contributed by atoms with van der Waals surface area (Å²) >= 11 is 0. The van der Waals surface area contributed by atoms with Gasteiger partial charge in [0.25, 0.3) is 0 Å². The Balaban J connectivity index is 0.00000288. The highest BCUT2D eigenvalue weighted by Gasteiger charge is 2.58. The third kappa shape index (κ3) is 4.55. The zero-order chi connectivity index (χ0) is 17.1. The first-order valence-electron chi connectivity index (χ1n) is 8.91. The molecular formula is C18H36IN3O2. The van der Waals surface area contributed by atoms with Crippen LogP contribution in [0.3, 0.4) is 0 Å². The summed E-state index contributed by atoms with van der Waals surface area (Å²) in [5.41, 5.74) is 0.0451. The van der Waals surface area contributed by atoms with Crippen LogP contribution in [0.25, 0.3) is 0 Å². The molecule has 2 unspecified atom stereocenters. The lowest BCUT2D eigenvalue weighted by atomic mass is 9.56. The van der Waals surface area contributed by atoms with E-state index in [-0.39, 0.29) is 35.0 Å². The van der Waals surface area contributed by atoms with Gasteiger partial charge in [-0.3, -0.25) is 4.99 Å². The van der Waals surface area contributed by atoms with Gasteiger partial charge in [-0.05, 0) is 38.5 Å². The number of nitrogens with zero attached hydrogens (tertiary/aromatic N) is 2. The number of ether oxygens (including phenoxy) is 2. The van der Waals surface area contributed by atoms with Gasteiger partial charge >= 0.3 is 0 Å². The van der Waals surface area contributed by atoms with E-state index in [9.17, 15) is 0 Å². The van der Waals surface area contributed by atoms with Crippen molar-refractivity contribution < 1.29 is 9.47 Å². The van der Waals surface area contributed by atoms with Crippen LogP contribution in [0.5, 0.6) is 0 Å². The fraction of sp³-hybridized carbons (Fsp3) is 0.944. The molecule has 0 aromatic carbocycles. The Kier molecular flexibility index (Phi) is 8.26. The summed E-state index contributed by atoms with van der Waals surface area (Å²) in [7, 11) is 5.82. The van der Waals surface area contributed by atoms with Gasteiger partial charge in [0.15, 0.2) is 5.96 Å². The first kappa shape index (κ1) is 22.0. The fourth-order valence-corrected chi connectivity index (χ4v) is 3.74. The SMILES string of the molecule is CN=C(NC1CC(C)(OC)C1(C)C)N(C)CCC1CCOCC1.I. The summed E-state index contributed by atoms with van der Waals surface area (Å²) in [6.45, 7) is 9.63. The van der Waals surface area contributed by atoms with Crippen molar-refractivity contribution in [1.82, 2.24) is 10.2 Å². The standard InChI is InChI=1S/C18H35N3O2.HI/c1-17(2)15(13-18(17,3)22-6)20-16(19-4)21(5)10-7-14-8-11-23-12-9-14;/h14-15H,7-13H2,1-6H3,(H,19,20);1H. The Morgan fingerprint density at radius 3 is 2.42 bits per heavy atom. The normalized spacial score (nSPS) is 30.2. The molecule has 0 aromatic rings. The molecule has 1 saturated carbocycles. The third-order valence-corrected chi connectivity index (χ3v) is 6.37. The van der Waals surface area contributed by atoms with Gasteiger partial charge in [0.1, 0.15) is 0 Å². The molecule has 0 radical (unpaired) electrons. The zero-order valence-electron chi connectivity index (χ0n) is 16.2. The smallest absolute Gasteiger partial charge is 0.193 e. The maximum Gasteiger partial charge on any atom is 0.193 e. The molecule has 5 nitrogen and oxygen atoms in total. The molecule has 2 rings (SSSR count). The van der Waals surface area contributed by atoms with Crippen molar-refractivity contribution in [2.45, 2.75) is 58.1 Å². The Labute approximate surface area is 165 Å². The minimum absolute atomic E-state index is 0. The largest absolute Gasteiger partial charge is 0.381 e. The molecule has 2 fully saturated rings. The number of guanidine groups is 1. The molecule has 1 heterocycles. The van der Waals surface area contributed by atoms with Crippen LogP contribution in [-0.2, 0) is 9.47 Å². The summed E-state index contributed by atoms with van der Waals surface area (Å²) in [5, 5.41) is 3.64. The van der Waals surface area contributed by atoms with Gasteiger partial charge in [-0.2, -0.15) is 0 Å². The summed E-state index contributed by atoms with van der Waals surface area (Å²) < 4.78 is 11.2. The number of rotatable bonds is 5. The highest BCUT2D eigenvalue weighted by Crippen LogP contribution is 2.51. The molecule has 0 amide bonds. The van der Waals surface area contributed by atoms with E-state index in [4.69, 9.17) is 9.47 Å². The first-order valence-corrected chi connectivity index (χ1v) is 8.91. The zero-order valence-corrected chi connectivity index (χ0v) is 18.6. The maximum absolute atomic E-state index is 5.72.